The van der Waals surface area contributed by atoms with Gasteiger partial charge in [0.2, 0.25) is 0 Å². The summed E-state index contributed by atoms with van der Waals surface area (Å²) >= 11 is 0. The van der Waals surface area contributed by atoms with Gasteiger partial charge in [-0.15, -0.1) is 0 Å². The quantitative estimate of drug-likeness (QED) is 0.595. The fourth-order valence-corrected chi connectivity index (χ4v) is 1.67. The lowest BCUT2D eigenvalue weighted by Gasteiger charge is -2.15. The Labute approximate surface area is 111 Å². The summed E-state index contributed by atoms with van der Waals surface area (Å²) in [5, 5.41) is 0. The Bertz CT molecular complexity index is 334. The third-order valence-electron chi connectivity index (χ3n) is 2.82. The summed E-state index contributed by atoms with van der Waals surface area (Å²) in [6.07, 6.45) is 6.50. The number of ether oxygens (including phenoxy) is 2. The maximum Gasteiger partial charge on any atom is 0.164 e. The molecule has 0 N–H and O–H groups in total. The Morgan fingerprint density at radius 3 is 2.28 bits per heavy atom. The zero-order valence-electron chi connectivity index (χ0n) is 11.9. The molecule has 2 heteroatoms. The average molecular weight is 249 g/mol. The van der Waals surface area contributed by atoms with Crippen LogP contribution in [0.1, 0.15) is 52.0 Å². The highest BCUT2D eigenvalue weighted by atomic mass is 16.5. The number of para-hydroxylation sites is 1. The molecular formula is C16H25O2. The van der Waals surface area contributed by atoms with Gasteiger partial charge in [0.1, 0.15) is 0 Å². The first kappa shape index (κ1) is 14.9. The number of hydrogen-bond donors (Lipinski definition) is 0. The Morgan fingerprint density at radius 2 is 1.67 bits per heavy atom. The molecule has 0 spiro atoms. The second-order valence-electron chi connectivity index (χ2n) is 4.37. The monoisotopic (exact) mass is 249 g/mol. The zero-order chi connectivity index (χ0) is 13.2. The van der Waals surface area contributed by atoms with Crippen molar-refractivity contribution < 1.29 is 9.47 Å². The molecule has 1 aromatic rings. The Kier molecular flexibility index (Phi) is 7.31. The van der Waals surface area contributed by atoms with Crippen molar-refractivity contribution >= 4 is 0 Å². The van der Waals surface area contributed by atoms with E-state index in [-0.39, 0.29) is 0 Å². The Morgan fingerprint density at radius 1 is 1.00 bits per heavy atom. The number of hydrogen-bond acceptors (Lipinski definition) is 2. The van der Waals surface area contributed by atoms with Gasteiger partial charge in [-0.1, -0.05) is 45.7 Å². The fourth-order valence-electron chi connectivity index (χ4n) is 1.67. The van der Waals surface area contributed by atoms with E-state index in [0.29, 0.717) is 0 Å². The molecule has 18 heavy (non-hydrogen) atoms. The van der Waals surface area contributed by atoms with Gasteiger partial charge < -0.3 is 9.47 Å². The maximum absolute atomic E-state index is 5.87. The van der Waals surface area contributed by atoms with E-state index < -0.39 is 0 Å². The molecule has 1 radical (unpaired) electrons. The van der Waals surface area contributed by atoms with E-state index in [1.54, 1.807) is 0 Å². The highest BCUT2D eigenvalue weighted by molar-refractivity contribution is 5.49. The zero-order valence-corrected chi connectivity index (χ0v) is 11.9. The van der Waals surface area contributed by atoms with E-state index in [1.807, 2.05) is 19.1 Å². The van der Waals surface area contributed by atoms with E-state index >= 15 is 0 Å². The normalized spacial score (nSPS) is 10.4. The summed E-state index contributed by atoms with van der Waals surface area (Å²) in [7, 11) is 0. The van der Waals surface area contributed by atoms with Gasteiger partial charge in [0.15, 0.2) is 11.5 Å². The lowest BCUT2D eigenvalue weighted by atomic mass is 10.1. The van der Waals surface area contributed by atoms with Crippen molar-refractivity contribution in [2.24, 2.45) is 0 Å². The van der Waals surface area contributed by atoms with Crippen LogP contribution in [0.15, 0.2) is 18.2 Å². The second kappa shape index (κ2) is 8.84. The Hall–Kier alpha value is -1.18. The van der Waals surface area contributed by atoms with Crippen molar-refractivity contribution in [3.8, 4) is 11.5 Å². The van der Waals surface area contributed by atoms with E-state index in [9.17, 15) is 0 Å². The lowest BCUT2D eigenvalue weighted by molar-refractivity contribution is 0.261. The molecule has 0 aliphatic rings. The van der Waals surface area contributed by atoms with Crippen LogP contribution in [-0.2, 0) is 0 Å². The number of benzene rings is 1. The third-order valence-corrected chi connectivity index (χ3v) is 2.82. The van der Waals surface area contributed by atoms with E-state index in [1.165, 1.54) is 0 Å². The molecule has 101 valence electrons. The first-order valence-corrected chi connectivity index (χ1v) is 7.01. The fraction of sp³-hybridized carbons (Fsp3) is 0.562. The first-order valence-electron chi connectivity index (χ1n) is 7.01. The minimum Gasteiger partial charge on any atom is -0.490 e. The molecule has 0 aliphatic heterocycles. The van der Waals surface area contributed by atoms with Gasteiger partial charge in [0, 0.05) is 5.56 Å². The molecule has 0 heterocycles. The third kappa shape index (κ3) is 4.59. The van der Waals surface area contributed by atoms with Crippen LogP contribution >= 0.6 is 0 Å². The predicted molar refractivity (Wildman–Crippen MR) is 76.3 cm³/mol. The lowest BCUT2D eigenvalue weighted by Crippen LogP contribution is -2.04. The first-order chi connectivity index (χ1) is 8.83. The molecule has 0 atom stereocenters. The largest absolute Gasteiger partial charge is 0.490 e. The standard InChI is InChI=1S/C16H25O2/c1-4-7-12-17-15-11-9-10-14(6-3)16(15)18-13-8-5-2/h6,9-11H,4-5,7-8,12-13H2,1-3H3. The van der Waals surface area contributed by atoms with Crippen molar-refractivity contribution in [3.63, 3.8) is 0 Å². The summed E-state index contributed by atoms with van der Waals surface area (Å²) in [5.74, 6) is 1.76. The van der Waals surface area contributed by atoms with Crippen molar-refractivity contribution in [2.45, 2.75) is 46.5 Å². The Balaban J connectivity index is 2.72. The maximum atomic E-state index is 5.87. The van der Waals surface area contributed by atoms with Gasteiger partial charge in [-0.05, 0) is 25.3 Å². The van der Waals surface area contributed by atoms with Crippen molar-refractivity contribution in [1.29, 1.82) is 0 Å². The van der Waals surface area contributed by atoms with Crippen LogP contribution in [0, 0.1) is 6.42 Å². The van der Waals surface area contributed by atoms with Crippen LogP contribution in [-0.4, -0.2) is 13.2 Å². The predicted octanol–water partition coefficient (Wildman–Crippen LogP) is 4.62. The van der Waals surface area contributed by atoms with E-state index in [0.717, 1.165) is 56.0 Å². The molecule has 0 saturated heterocycles. The van der Waals surface area contributed by atoms with Crippen molar-refractivity contribution in [3.05, 3.63) is 30.2 Å². The van der Waals surface area contributed by atoms with Crippen LogP contribution < -0.4 is 9.47 Å². The smallest absolute Gasteiger partial charge is 0.164 e. The molecule has 0 aromatic heterocycles. The summed E-state index contributed by atoms with van der Waals surface area (Å²) in [6.45, 7) is 7.87. The van der Waals surface area contributed by atoms with E-state index in [4.69, 9.17) is 9.47 Å². The molecule has 1 aromatic carbocycles. The molecule has 0 amide bonds. The molecule has 0 saturated carbocycles. The van der Waals surface area contributed by atoms with Crippen LogP contribution in [0.4, 0.5) is 0 Å². The van der Waals surface area contributed by atoms with Crippen LogP contribution in [0.2, 0.25) is 0 Å². The number of rotatable bonds is 9. The van der Waals surface area contributed by atoms with Crippen LogP contribution in [0.25, 0.3) is 0 Å². The molecule has 0 aliphatic carbocycles. The van der Waals surface area contributed by atoms with Gasteiger partial charge >= 0.3 is 0 Å². The van der Waals surface area contributed by atoms with E-state index in [2.05, 4.69) is 26.3 Å². The topological polar surface area (TPSA) is 18.5 Å². The summed E-state index contributed by atoms with van der Waals surface area (Å²) in [4.78, 5) is 0. The van der Waals surface area contributed by atoms with Gasteiger partial charge in [0.05, 0.1) is 13.2 Å². The average Bonchev–Trinajstić information content (AvgIpc) is 2.40. The van der Waals surface area contributed by atoms with Crippen LogP contribution in [0.5, 0.6) is 11.5 Å². The molecule has 0 unspecified atom stereocenters. The summed E-state index contributed by atoms with van der Waals surface area (Å²) < 4.78 is 11.7. The summed E-state index contributed by atoms with van der Waals surface area (Å²) in [5.41, 5.74) is 1.11. The minimum absolute atomic E-state index is 0.755. The molecule has 2 nitrogen and oxygen atoms in total. The van der Waals surface area contributed by atoms with Crippen molar-refractivity contribution in [1.82, 2.24) is 0 Å². The van der Waals surface area contributed by atoms with Crippen LogP contribution in [0.3, 0.4) is 0 Å². The SMILES string of the molecule is C[CH]c1cccc(OCCCC)c1OCCCC. The van der Waals surface area contributed by atoms with Gasteiger partial charge in [-0.25, -0.2) is 0 Å². The van der Waals surface area contributed by atoms with Gasteiger partial charge in [0.25, 0.3) is 0 Å². The molecule has 0 bridgehead atoms. The minimum atomic E-state index is 0.755. The number of unbranched alkanes of at least 4 members (excludes halogenated alkanes) is 2. The molecular weight excluding hydrogens is 224 g/mol. The highest BCUT2D eigenvalue weighted by Crippen LogP contribution is 2.32. The molecule has 0 fully saturated rings. The van der Waals surface area contributed by atoms with Gasteiger partial charge in [-0.3, -0.25) is 0 Å². The highest BCUT2D eigenvalue weighted by Gasteiger charge is 2.09. The summed E-state index contributed by atoms with van der Waals surface area (Å²) in [6, 6.07) is 6.07. The second-order valence-corrected chi connectivity index (χ2v) is 4.37. The van der Waals surface area contributed by atoms with Gasteiger partial charge in [-0.2, -0.15) is 0 Å². The van der Waals surface area contributed by atoms with Crippen molar-refractivity contribution in [2.75, 3.05) is 13.2 Å². The molecule has 1 rings (SSSR count).